The summed E-state index contributed by atoms with van der Waals surface area (Å²) < 4.78 is 3.31. The Hall–Kier alpha value is -1.23. The molecule has 7 heteroatoms. The van der Waals surface area contributed by atoms with Crippen molar-refractivity contribution in [3.05, 3.63) is 47.5 Å². The highest BCUT2D eigenvalue weighted by molar-refractivity contribution is 6.68. The van der Waals surface area contributed by atoms with Crippen LogP contribution in [0.3, 0.4) is 0 Å². The van der Waals surface area contributed by atoms with Gasteiger partial charge in [-0.1, -0.05) is 70.7 Å². The number of hydrogen-bond donors (Lipinski definition) is 1. The molecule has 0 aliphatic rings. The van der Waals surface area contributed by atoms with E-state index in [1.54, 1.807) is 13.8 Å². The Kier molecular flexibility index (Phi) is 8.07. The number of amides is 1. The number of halogens is 3. The van der Waals surface area contributed by atoms with Crippen molar-refractivity contribution in [2.24, 2.45) is 0 Å². The van der Waals surface area contributed by atoms with E-state index in [0.29, 0.717) is 0 Å². The monoisotopic (exact) mass is 391 g/mol. The molecule has 1 N–H and O–H groups in total. The van der Waals surface area contributed by atoms with Gasteiger partial charge in [0.15, 0.2) is 6.10 Å². The Labute approximate surface area is 157 Å². The highest BCUT2D eigenvalue weighted by Gasteiger charge is 2.34. The average molecular weight is 393 g/mol. The molecule has 2 atom stereocenters. The Bertz CT molecular complexity index is 593. The molecule has 0 aliphatic carbocycles. The second-order valence-corrected chi connectivity index (χ2v) is 7.94. The fraction of sp³-hybridized carbons (Fsp3) is 0.412. The van der Waals surface area contributed by atoms with Gasteiger partial charge in [0, 0.05) is 0 Å². The quantitative estimate of drug-likeness (QED) is 0.335. The minimum atomic E-state index is -1.80. The van der Waals surface area contributed by atoms with Gasteiger partial charge in [-0.15, -0.1) is 0 Å². The molecule has 0 saturated heterocycles. The van der Waals surface area contributed by atoms with Crippen LogP contribution in [0, 0.1) is 0 Å². The average Bonchev–Trinajstić information content (AvgIpc) is 2.45. The molecule has 0 aliphatic heterocycles. The summed E-state index contributed by atoms with van der Waals surface area (Å²) in [6.45, 7) is 5.39. The maximum atomic E-state index is 12.0. The maximum absolute atomic E-state index is 12.0. The van der Waals surface area contributed by atoms with Gasteiger partial charge >= 0.3 is 5.97 Å². The van der Waals surface area contributed by atoms with Crippen LogP contribution in [0.5, 0.6) is 0 Å². The summed E-state index contributed by atoms with van der Waals surface area (Å²) in [5.41, 5.74) is 1.75. The first-order valence-electron chi connectivity index (χ1n) is 7.35. The van der Waals surface area contributed by atoms with Crippen molar-refractivity contribution in [3.8, 4) is 0 Å². The van der Waals surface area contributed by atoms with Gasteiger partial charge in [-0.2, -0.15) is 0 Å². The van der Waals surface area contributed by atoms with Crippen LogP contribution in [-0.4, -0.2) is 21.8 Å². The predicted molar refractivity (Wildman–Crippen MR) is 97.2 cm³/mol. The molecule has 0 saturated carbocycles. The third-order valence-electron chi connectivity index (χ3n) is 3.05. The molecule has 1 unspecified atom stereocenters. The van der Waals surface area contributed by atoms with Crippen LogP contribution in [-0.2, 0) is 14.3 Å². The minimum Gasteiger partial charge on any atom is -0.453 e. The molecule has 1 amide bonds. The predicted octanol–water partition coefficient (Wildman–Crippen LogP) is 4.50. The zero-order valence-electron chi connectivity index (χ0n) is 13.7. The number of ether oxygens (including phenoxy) is 1. The Morgan fingerprint density at radius 3 is 2.29 bits per heavy atom. The van der Waals surface area contributed by atoms with Gasteiger partial charge in [-0.05, 0) is 32.4 Å². The van der Waals surface area contributed by atoms with Gasteiger partial charge < -0.3 is 10.1 Å². The van der Waals surface area contributed by atoms with Crippen molar-refractivity contribution in [2.75, 3.05) is 0 Å². The topological polar surface area (TPSA) is 55.4 Å². The molecular formula is C17H20Cl3NO3. The summed E-state index contributed by atoms with van der Waals surface area (Å²) >= 11 is 17.4. The molecule has 0 spiro atoms. The molecule has 0 bridgehead atoms. The van der Waals surface area contributed by atoms with E-state index in [1.807, 2.05) is 37.3 Å². The lowest BCUT2D eigenvalue weighted by atomic mass is 10.1. The normalized spacial score (nSPS) is 13.6. The van der Waals surface area contributed by atoms with E-state index in [-0.39, 0.29) is 6.04 Å². The van der Waals surface area contributed by atoms with E-state index in [2.05, 4.69) is 5.32 Å². The summed E-state index contributed by atoms with van der Waals surface area (Å²) in [5, 5.41) is 2.73. The largest absolute Gasteiger partial charge is 0.453 e. The number of carbonyl (C=O) groups is 2. The number of hydrogen-bond acceptors (Lipinski definition) is 3. The minimum absolute atomic E-state index is 0.228. The Balaban J connectivity index is 2.60. The summed E-state index contributed by atoms with van der Waals surface area (Å²) in [5.74, 6) is -1.22. The van der Waals surface area contributed by atoms with Crippen LogP contribution in [0.1, 0.15) is 38.8 Å². The molecule has 132 valence electrons. The lowest BCUT2D eigenvalue weighted by Gasteiger charge is -2.22. The molecule has 0 fully saturated rings. The molecule has 24 heavy (non-hydrogen) atoms. The van der Waals surface area contributed by atoms with Crippen LogP contribution >= 0.6 is 34.8 Å². The fourth-order valence-corrected chi connectivity index (χ4v) is 2.25. The van der Waals surface area contributed by atoms with Crippen LogP contribution in [0.2, 0.25) is 0 Å². The molecule has 1 rings (SSSR count). The summed E-state index contributed by atoms with van der Waals surface area (Å²) in [6.07, 6.45) is 0.0137. The fourth-order valence-electron chi connectivity index (χ4n) is 1.93. The number of benzene rings is 1. The second-order valence-electron chi connectivity index (χ2n) is 5.57. The van der Waals surface area contributed by atoms with E-state index >= 15 is 0 Å². The van der Waals surface area contributed by atoms with Crippen molar-refractivity contribution in [3.63, 3.8) is 0 Å². The molecular weight excluding hydrogens is 373 g/mol. The van der Waals surface area contributed by atoms with Crippen LogP contribution in [0.25, 0.3) is 0 Å². The molecule has 1 aromatic carbocycles. The van der Waals surface area contributed by atoms with Crippen molar-refractivity contribution < 1.29 is 14.3 Å². The number of rotatable bonds is 6. The Morgan fingerprint density at radius 2 is 1.79 bits per heavy atom. The van der Waals surface area contributed by atoms with Crippen molar-refractivity contribution in [1.82, 2.24) is 5.32 Å². The van der Waals surface area contributed by atoms with Gasteiger partial charge in [0.05, 0.1) is 6.04 Å². The van der Waals surface area contributed by atoms with E-state index < -0.39 is 28.2 Å². The molecule has 0 heterocycles. The lowest BCUT2D eigenvalue weighted by Crippen LogP contribution is -2.33. The maximum Gasteiger partial charge on any atom is 0.316 e. The van der Waals surface area contributed by atoms with E-state index in [9.17, 15) is 9.59 Å². The number of allylic oxidation sites excluding steroid dienone is 1. The van der Waals surface area contributed by atoms with Crippen LogP contribution in [0.15, 0.2) is 42.0 Å². The van der Waals surface area contributed by atoms with Crippen LogP contribution in [0.4, 0.5) is 0 Å². The summed E-state index contributed by atoms with van der Waals surface area (Å²) in [6, 6.07) is 9.17. The highest BCUT2D eigenvalue weighted by atomic mass is 35.6. The van der Waals surface area contributed by atoms with Gasteiger partial charge in [-0.25, -0.2) is 0 Å². The molecule has 0 aromatic heterocycles. The van der Waals surface area contributed by atoms with Crippen molar-refractivity contribution in [2.45, 2.75) is 43.1 Å². The van der Waals surface area contributed by atoms with Gasteiger partial charge in [-0.3, -0.25) is 9.59 Å². The zero-order valence-corrected chi connectivity index (χ0v) is 16.0. The summed E-state index contributed by atoms with van der Waals surface area (Å²) in [7, 11) is 0. The molecule has 1 aromatic rings. The van der Waals surface area contributed by atoms with Gasteiger partial charge in [0.25, 0.3) is 0 Å². The number of nitrogens with one attached hydrogen (secondary N) is 1. The van der Waals surface area contributed by atoms with Crippen molar-refractivity contribution >= 4 is 46.7 Å². The standard InChI is InChI=1S/C17H20Cl3NO3/c1-11(2)9-14(17(18,19)20)24-16(23)10-15(22)21-12(3)13-7-5-4-6-8-13/h4-9,12,14H,10H2,1-3H3,(H,21,22)/t12-,14?/m1/s1. The highest BCUT2D eigenvalue weighted by Crippen LogP contribution is 2.33. The number of alkyl halides is 3. The third kappa shape index (κ3) is 7.56. The first-order chi connectivity index (χ1) is 11.1. The molecule has 0 radical (unpaired) electrons. The number of carbonyl (C=O) groups excluding carboxylic acids is 2. The van der Waals surface area contributed by atoms with Gasteiger partial charge in [0.2, 0.25) is 9.70 Å². The zero-order chi connectivity index (χ0) is 18.3. The van der Waals surface area contributed by atoms with E-state index in [0.717, 1.165) is 11.1 Å². The number of esters is 1. The first kappa shape index (κ1) is 20.8. The van der Waals surface area contributed by atoms with E-state index in [1.165, 1.54) is 6.08 Å². The first-order valence-corrected chi connectivity index (χ1v) is 8.48. The summed E-state index contributed by atoms with van der Waals surface area (Å²) in [4.78, 5) is 23.9. The second kappa shape index (κ2) is 9.30. The van der Waals surface area contributed by atoms with Crippen molar-refractivity contribution in [1.29, 1.82) is 0 Å². The lowest BCUT2D eigenvalue weighted by molar-refractivity contribution is -0.149. The molecule has 4 nitrogen and oxygen atoms in total. The SMILES string of the molecule is CC(C)=CC(OC(=O)CC(=O)N[C@H](C)c1ccccc1)C(Cl)(Cl)Cl. The van der Waals surface area contributed by atoms with Crippen LogP contribution < -0.4 is 5.32 Å². The smallest absolute Gasteiger partial charge is 0.316 e. The Morgan fingerprint density at radius 1 is 1.21 bits per heavy atom. The van der Waals surface area contributed by atoms with Gasteiger partial charge in [0.1, 0.15) is 6.42 Å². The third-order valence-corrected chi connectivity index (χ3v) is 3.69. The van der Waals surface area contributed by atoms with E-state index in [4.69, 9.17) is 39.5 Å².